The monoisotopic (exact) mass is 291 g/mol. The second-order valence-electron chi connectivity index (χ2n) is 3.12. The third kappa shape index (κ3) is 2.69. The quantitative estimate of drug-likeness (QED) is 0.829. The lowest BCUT2D eigenvalue weighted by Gasteiger charge is -2.19. The van der Waals surface area contributed by atoms with Crippen molar-refractivity contribution in [1.82, 2.24) is 0 Å². The van der Waals surface area contributed by atoms with Crippen LogP contribution in [0.1, 0.15) is 0 Å². The highest BCUT2D eigenvalue weighted by molar-refractivity contribution is 6.33. The normalized spacial score (nSPS) is 12.4. The molecule has 0 radical (unpaired) electrons. The summed E-state index contributed by atoms with van der Waals surface area (Å²) in [6.45, 7) is 0. The van der Waals surface area contributed by atoms with E-state index in [1.54, 1.807) is 0 Å². The Labute approximate surface area is 102 Å². The van der Waals surface area contributed by atoms with Crippen LogP contribution in [-0.4, -0.2) is 18.0 Å². The predicted molar refractivity (Wildman–Crippen MR) is 51.0 cm³/mol. The molecule has 1 aromatic rings. The number of carbonyl (C=O) groups excluding carboxylic acids is 1. The van der Waals surface area contributed by atoms with Crippen LogP contribution < -0.4 is 5.32 Å². The first kappa shape index (κ1) is 14.6. The summed E-state index contributed by atoms with van der Waals surface area (Å²) >= 11 is 5.36. The molecule has 0 bridgehead atoms. The lowest BCUT2D eigenvalue weighted by molar-refractivity contribution is -0.267. The van der Waals surface area contributed by atoms with E-state index in [2.05, 4.69) is 0 Å². The molecule has 1 amide bonds. The second kappa shape index (κ2) is 4.68. The van der Waals surface area contributed by atoms with Crippen LogP contribution in [0.4, 0.5) is 32.0 Å². The fraction of sp³-hybridized carbons (Fsp3) is 0.222. The van der Waals surface area contributed by atoms with Gasteiger partial charge in [-0.2, -0.15) is 22.0 Å². The first-order valence-electron chi connectivity index (χ1n) is 4.27. The SMILES string of the molecule is O=C(Nc1c(F)cccc1Cl)C(F)(F)C(F)(F)F. The largest absolute Gasteiger partial charge is 0.463 e. The number of amides is 1. The summed E-state index contributed by atoms with van der Waals surface area (Å²) in [5, 5.41) is 0.611. The zero-order valence-corrected chi connectivity index (χ0v) is 9.04. The average molecular weight is 292 g/mol. The average Bonchev–Trinajstić information content (AvgIpc) is 2.21. The van der Waals surface area contributed by atoms with Gasteiger partial charge in [0.2, 0.25) is 0 Å². The van der Waals surface area contributed by atoms with Crippen molar-refractivity contribution >= 4 is 23.2 Å². The van der Waals surface area contributed by atoms with E-state index in [0.29, 0.717) is 0 Å². The zero-order valence-electron chi connectivity index (χ0n) is 8.29. The molecule has 0 spiro atoms. The second-order valence-corrected chi connectivity index (χ2v) is 3.53. The minimum Gasteiger partial charge on any atom is -0.317 e. The summed E-state index contributed by atoms with van der Waals surface area (Å²) in [6.07, 6.45) is -6.07. The van der Waals surface area contributed by atoms with Crippen LogP contribution in [0.25, 0.3) is 0 Å². The number of para-hydroxylation sites is 1. The van der Waals surface area contributed by atoms with Crippen LogP contribution in [0.2, 0.25) is 5.02 Å². The lowest BCUT2D eigenvalue weighted by atomic mass is 10.2. The topological polar surface area (TPSA) is 29.1 Å². The molecule has 18 heavy (non-hydrogen) atoms. The van der Waals surface area contributed by atoms with Crippen LogP contribution in [0.15, 0.2) is 18.2 Å². The van der Waals surface area contributed by atoms with E-state index in [-0.39, 0.29) is 0 Å². The molecule has 0 aliphatic heterocycles. The molecule has 0 saturated carbocycles. The molecule has 0 heterocycles. The molecule has 1 rings (SSSR count). The Morgan fingerprint density at radius 2 is 1.72 bits per heavy atom. The van der Waals surface area contributed by atoms with E-state index in [0.717, 1.165) is 23.5 Å². The maximum atomic E-state index is 13.1. The van der Waals surface area contributed by atoms with Crippen molar-refractivity contribution in [2.24, 2.45) is 0 Å². The molecule has 0 saturated heterocycles. The Morgan fingerprint density at radius 1 is 1.17 bits per heavy atom. The third-order valence-electron chi connectivity index (χ3n) is 1.84. The molecule has 0 aliphatic carbocycles. The number of carbonyl (C=O) groups is 1. The van der Waals surface area contributed by atoms with E-state index in [4.69, 9.17) is 11.6 Å². The van der Waals surface area contributed by atoms with Crippen LogP contribution in [0.5, 0.6) is 0 Å². The smallest absolute Gasteiger partial charge is 0.317 e. The number of nitrogens with one attached hydrogen (secondary N) is 1. The Morgan fingerprint density at radius 3 is 2.17 bits per heavy atom. The number of hydrogen-bond acceptors (Lipinski definition) is 1. The number of benzene rings is 1. The van der Waals surface area contributed by atoms with Gasteiger partial charge in [-0.15, -0.1) is 0 Å². The zero-order chi connectivity index (χ0) is 14.1. The van der Waals surface area contributed by atoms with Crippen molar-refractivity contribution in [3.05, 3.63) is 29.0 Å². The number of hydrogen-bond donors (Lipinski definition) is 1. The summed E-state index contributed by atoms with van der Waals surface area (Å²) in [5.74, 6) is -9.57. The molecule has 100 valence electrons. The van der Waals surface area contributed by atoms with Crippen molar-refractivity contribution in [1.29, 1.82) is 0 Å². The fourth-order valence-electron chi connectivity index (χ4n) is 0.938. The summed E-state index contributed by atoms with van der Waals surface area (Å²) in [4.78, 5) is 10.8. The molecule has 0 unspecified atom stereocenters. The number of alkyl halides is 5. The molecule has 1 aromatic carbocycles. The summed E-state index contributed by atoms with van der Waals surface area (Å²) < 4.78 is 73.8. The van der Waals surface area contributed by atoms with Crippen molar-refractivity contribution in [3.8, 4) is 0 Å². The van der Waals surface area contributed by atoms with E-state index in [9.17, 15) is 31.1 Å². The first-order valence-corrected chi connectivity index (χ1v) is 4.65. The van der Waals surface area contributed by atoms with Gasteiger partial charge in [0.15, 0.2) is 0 Å². The van der Waals surface area contributed by atoms with E-state index >= 15 is 0 Å². The molecule has 9 heteroatoms. The van der Waals surface area contributed by atoms with Crippen LogP contribution in [-0.2, 0) is 4.79 Å². The van der Waals surface area contributed by atoms with Gasteiger partial charge in [0.25, 0.3) is 0 Å². The van der Waals surface area contributed by atoms with Gasteiger partial charge in [0.05, 0.1) is 10.7 Å². The summed E-state index contributed by atoms with van der Waals surface area (Å²) in [5.41, 5.74) is -0.937. The maximum absolute atomic E-state index is 13.1. The molecular formula is C9H4ClF6NO. The number of anilines is 1. The molecule has 0 aliphatic rings. The highest BCUT2D eigenvalue weighted by Gasteiger charge is 2.63. The minimum atomic E-state index is -6.07. The third-order valence-corrected chi connectivity index (χ3v) is 2.16. The highest BCUT2D eigenvalue weighted by Crippen LogP contribution is 2.37. The molecule has 0 aromatic heterocycles. The van der Waals surface area contributed by atoms with Crippen LogP contribution >= 0.6 is 11.6 Å². The molecule has 0 atom stereocenters. The van der Waals surface area contributed by atoms with Crippen LogP contribution in [0.3, 0.4) is 0 Å². The Bertz CT molecular complexity index is 452. The number of rotatable bonds is 2. The Balaban J connectivity index is 3.03. The molecule has 1 N–H and O–H groups in total. The Kier molecular flexibility index (Phi) is 3.80. The molecule has 2 nitrogen and oxygen atoms in total. The summed E-state index contributed by atoms with van der Waals surface area (Å²) in [6, 6.07) is 2.86. The van der Waals surface area contributed by atoms with Gasteiger partial charge >= 0.3 is 18.0 Å². The Hall–Kier alpha value is -1.44. The molecule has 0 fully saturated rings. The van der Waals surface area contributed by atoms with Gasteiger partial charge in [-0.05, 0) is 12.1 Å². The first-order chi connectivity index (χ1) is 8.07. The predicted octanol–water partition coefficient (Wildman–Crippen LogP) is 3.62. The van der Waals surface area contributed by atoms with Gasteiger partial charge < -0.3 is 5.32 Å². The van der Waals surface area contributed by atoms with Gasteiger partial charge in [-0.25, -0.2) is 4.39 Å². The van der Waals surface area contributed by atoms with Crippen molar-refractivity contribution in [2.75, 3.05) is 5.32 Å². The van der Waals surface area contributed by atoms with Gasteiger partial charge in [0.1, 0.15) is 5.82 Å². The van der Waals surface area contributed by atoms with Gasteiger partial charge in [0, 0.05) is 0 Å². The van der Waals surface area contributed by atoms with Crippen molar-refractivity contribution < 1.29 is 31.1 Å². The number of halogens is 7. The van der Waals surface area contributed by atoms with Gasteiger partial charge in [-0.1, -0.05) is 17.7 Å². The van der Waals surface area contributed by atoms with Crippen LogP contribution in [0, 0.1) is 5.82 Å². The lowest BCUT2D eigenvalue weighted by Crippen LogP contribution is -2.47. The van der Waals surface area contributed by atoms with E-state index < -0.39 is 34.5 Å². The van der Waals surface area contributed by atoms with Crippen molar-refractivity contribution in [3.63, 3.8) is 0 Å². The maximum Gasteiger partial charge on any atom is 0.463 e. The standard InChI is InChI=1S/C9H4ClF6NO/c10-4-2-1-3-5(11)6(4)17-7(18)8(12,13)9(14,15)16/h1-3H,(H,17,18). The van der Waals surface area contributed by atoms with Crippen molar-refractivity contribution in [2.45, 2.75) is 12.1 Å². The van der Waals surface area contributed by atoms with Gasteiger partial charge in [-0.3, -0.25) is 4.79 Å². The summed E-state index contributed by atoms with van der Waals surface area (Å²) in [7, 11) is 0. The highest BCUT2D eigenvalue weighted by atomic mass is 35.5. The van der Waals surface area contributed by atoms with E-state index in [1.165, 1.54) is 0 Å². The molecular weight excluding hydrogens is 288 g/mol. The minimum absolute atomic E-state index is 0.499. The van der Waals surface area contributed by atoms with E-state index in [1.807, 2.05) is 0 Å². The fourth-order valence-corrected chi connectivity index (χ4v) is 1.15.